The van der Waals surface area contributed by atoms with E-state index in [1.54, 1.807) is 0 Å². The number of carbonyl (C=O) groups excluding carboxylic acids is 1. The SMILES string of the molecule is CC(=O)Nc1ccc2c(c1)NC(CC(=O)O)=NS2(O)O. The average Bonchev–Trinajstić information content (AvgIpc) is 2.25. The van der Waals surface area contributed by atoms with Crippen molar-refractivity contribution < 1.29 is 23.8 Å². The van der Waals surface area contributed by atoms with E-state index in [1.165, 1.54) is 25.1 Å². The van der Waals surface area contributed by atoms with E-state index < -0.39 is 23.2 Å². The molecule has 1 heterocycles. The Kier molecular flexibility index (Phi) is 3.66. The highest BCUT2D eigenvalue weighted by Gasteiger charge is 2.26. The predicted octanol–water partition coefficient (Wildman–Crippen LogP) is 1.97. The summed E-state index contributed by atoms with van der Waals surface area (Å²) in [5.41, 5.74) is 0.762. The van der Waals surface area contributed by atoms with E-state index in [0.29, 0.717) is 11.4 Å². The van der Waals surface area contributed by atoms with Crippen LogP contribution >= 0.6 is 10.8 Å². The van der Waals surface area contributed by atoms with Gasteiger partial charge in [0.1, 0.15) is 17.2 Å². The third-order valence-corrected chi connectivity index (χ3v) is 3.85. The number of nitrogens with one attached hydrogen (secondary N) is 2. The first kappa shape index (κ1) is 14.3. The minimum Gasteiger partial charge on any atom is -0.481 e. The molecule has 0 aliphatic carbocycles. The number of fused-ring (bicyclic) bond motifs is 1. The Morgan fingerprint density at radius 3 is 2.70 bits per heavy atom. The summed E-state index contributed by atoms with van der Waals surface area (Å²) in [5, 5.41) is 14.0. The van der Waals surface area contributed by atoms with E-state index >= 15 is 0 Å². The molecular weight excluding hydrogens is 286 g/mol. The molecule has 0 fully saturated rings. The normalized spacial score (nSPS) is 17.2. The summed E-state index contributed by atoms with van der Waals surface area (Å²) in [6.07, 6.45) is -0.459. The first-order valence-electron chi connectivity index (χ1n) is 5.55. The second-order valence-corrected chi connectivity index (χ2v) is 5.80. The molecule has 0 saturated heterocycles. The third-order valence-electron chi connectivity index (χ3n) is 2.43. The summed E-state index contributed by atoms with van der Waals surface area (Å²) in [6.45, 7) is 1.35. The van der Waals surface area contributed by atoms with Crippen LogP contribution in [0.4, 0.5) is 11.4 Å². The van der Waals surface area contributed by atoms with Gasteiger partial charge in [0.05, 0.1) is 5.69 Å². The molecule has 0 radical (unpaired) electrons. The molecule has 1 aromatic rings. The van der Waals surface area contributed by atoms with Gasteiger partial charge in [0.15, 0.2) is 0 Å². The third kappa shape index (κ3) is 3.07. The van der Waals surface area contributed by atoms with E-state index in [9.17, 15) is 18.7 Å². The summed E-state index contributed by atoms with van der Waals surface area (Å²) in [7, 11) is -3.43. The lowest BCUT2D eigenvalue weighted by atomic mass is 10.2. The Hall–Kier alpha value is -2.10. The first-order chi connectivity index (χ1) is 9.28. The number of carboxylic acids is 1. The van der Waals surface area contributed by atoms with Crippen molar-refractivity contribution in [3.05, 3.63) is 18.2 Å². The summed E-state index contributed by atoms with van der Waals surface area (Å²) in [4.78, 5) is 21.8. The number of amides is 1. The van der Waals surface area contributed by atoms with Gasteiger partial charge in [-0.25, -0.2) is 0 Å². The lowest BCUT2D eigenvalue weighted by molar-refractivity contribution is -0.135. The quantitative estimate of drug-likeness (QED) is 0.580. The van der Waals surface area contributed by atoms with Gasteiger partial charge in [-0.3, -0.25) is 18.7 Å². The number of amidine groups is 1. The van der Waals surface area contributed by atoms with E-state index in [2.05, 4.69) is 15.0 Å². The Morgan fingerprint density at radius 1 is 1.40 bits per heavy atom. The molecule has 20 heavy (non-hydrogen) atoms. The van der Waals surface area contributed by atoms with Crippen molar-refractivity contribution in [1.82, 2.24) is 0 Å². The average molecular weight is 299 g/mol. The standard InChI is InChI=1S/C11H13N3O5S/c1-6(15)12-7-2-3-9-8(4-7)13-10(5-11(16)17)14-20(9,18)19/h2-4,18-19H,5H2,1H3,(H,12,15)(H,13,14)(H,16,17). The highest BCUT2D eigenvalue weighted by molar-refractivity contribution is 8.23. The van der Waals surface area contributed by atoms with Crippen LogP contribution in [0.15, 0.2) is 27.5 Å². The number of nitrogens with zero attached hydrogens (tertiary/aromatic N) is 1. The lowest BCUT2D eigenvalue weighted by Gasteiger charge is -2.34. The van der Waals surface area contributed by atoms with E-state index in [1.807, 2.05) is 0 Å². The van der Waals surface area contributed by atoms with Gasteiger partial charge >= 0.3 is 5.97 Å². The molecule has 0 saturated carbocycles. The molecule has 5 N–H and O–H groups in total. The lowest BCUT2D eigenvalue weighted by Crippen LogP contribution is -2.22. The predicted molar refractivity (Wildman–Crippen MR) is 75.2 cm³/mol. The molecule has 1 aromatic carbocycles. The van der Waals surface area contributed by atoms with Gasteiger partial charge < -0.3 is 15.7 Å². The Labute approximate surface area is 116 Å². The number of hydrogen-bond donors (Lipinski definition) is 5. The second kappa shape index (κ2) is 5.12. The summed E-state index contributed by atoms with van der Waals surface area (Å²) < 4.78 is 23.4. The molecule has 0 aromatic heterocycles. The Bertz CT molecular complexity index is 614. The highest BCUT2D eigenvalue weighted by Crippen LogP contribution is 2.55. The molecular formula is C11H13N3O5S. The van der Waals surface area contributed by atoms with Crippen molar-refractivity contribution in [3.63, 3.8) is 0 Å². The summed E-state index contributed by atoms with van der Waals surface area (Å²) in [6, 6.07) is 4.42. The van der Waals surface area contributed by atoms with Crippen LogP contribution in [0.5, 0.6) is 0 Å². The first-order valence-corrected chi connectivity index (χ1v) is 7.06. The fraction of sp³-hybridized carbons (Fsp3) is 0.182. The smallest absolute Gasteiger partial charge is 0.311 e. The minimum absolute atomic E-state index is 0.0509. The molecule has 0 atom stereocenters. The molecule has 0 unspecified atom stereocenters. The van der Waals surface area contributed by atoms with E-state index in [-0.39, 0.29) is 16.6 Å². The van der Waals surface area contributed by atoms with Crippen LogP contribution in [-0.4, -0.2) is 31.9 Å². The number of benzene rings is 1. The fourth-order valence-electron chi connectivity index (χ4n) is 1.75. The van der Waals surface area contributed by atoms with Gasteiger partial charge in [0, 0.05) is 12.6 Å². The molecule has 9 heteroatoms. The number of carbonyl (C=O) groups is 2. The van der Waals surface area contributed by atoms with Crippen molar-refractivity contribution in [3.8, 4) is 0 Å². The molecule has 1 amide bonds. The van der Waals surface area contributed by atoms with Gasteiger partial charge in [-0.05, 0) is 18.2 Å². The zero-order chi connectivity index (χ0) is 14.9. The fourth-order valence-corrected chi connectivity index (χ4v) is 2.92. The molecule has 2 rings (SSSR count). The van der Waals surface area contributed by atoms with Crippen LogP contribution < -0.4 is 10.6 Å². The molecule has 0 spiro atoms. The van der Waals surface area contributed by atoms with Crippen LogP contribution in [0.3, 0.4) is 0 Å². The maximum absolute atomic E-state index is 11.0. The molecule has 8 nitrogen and oxygen atoms in total. The van der Waals surface area contributed by atoms with E-state index in [0.717, 1.165) is 0 Å². The molecule has 0 bridgehead atoms. The summed E-state index contributed by atoms with van der Waals surface area (Å²) >= 11 is 0. The maximum Gasteiger partial charge on any atom is 0.311 e. The monoisotopic (exact) mass is 299 g/mol. The Balaban J connectivity index is 2.37. The molecule has 1 aliphatic heterocycles. The van der Waals surface area contributed by atoms with Crippen LogP contribution in [0.1, 0.15) is 13.3 Å². The zero-order valence-electron chi connectivity index (χ0n) is 10.5. The van der Waals surface area contributed by atoms with Gasteiger partial charge in [-0.1, -0.05) is 10.8 Å². The molecule has 1 aliphatic rings. The van der Waals surface area contributed by atoms with Crippen molar-refractivity contribution in [1.29, 1.82) is 0 Å². The van der Waals surface area contributed by atoms with E-state index in [4.69, 9.17) is 5.11 Å². The highest BCUT2D eigenvalue weighted by atomic mass is 32.3. The van der Waals surface area contributed by atoms with Crippen LogP contribution in [0.25, 0.3) is 0 Å². The topological polar surface area (TPSA) is 131 Å². The Morgan fingerprint density at radius 2 is 2.10 bits per heavy atom. The summed E-state index contributed by atoms with van der Waals surface area (Å²) in [5.74, 6) is -1.47. The number of carboxylic acid groups (broad SMARTS) is 1. The van der Waals surface area contributed by atoms with Gasteiger partial charge in [0.25, 0.3) is 0 Å². The van der Waals surface area contributed by atoms with Gasteiger partial charge in [-0.15, -0.1) is 4.40 Å². The van der Waals surface area contributed by atoms with Crippen LogP contribution in [-0.2, 0) is 9.59 Å². The largest absolute Gasteiger partial charge is 0.481 e. The number of rotatable bonds is 3. The van der Waals surface area contributed by atoms with Crippen LogP contribution in [0, 0.1) is 0 Å². The van der Waals surface area contributed by atoms with Crippen molar-refractivity contribution >= 4 is 39.9 Å². The van der Waals surface area contributed by atoms with Gasteiger partial charge in [-0.2, -0.15) is 0 Å². The number of aliphatic carboxylic acids is 1. The maximum atomic E-state index is 11.0. The second-order valence-electron chi connectivity index (χ2n) is 4.14. The minimum atomic E-state index is -3.43. The van der Waals surface area contributed by atoms with Gasteiger partial charge in [0.2, 0.25) is 5.91 Å². The molecule has 108 valence electrons. The zero-order valence-corrected chi connectivity index (χ0v) is 11.3. The number of anilines is 2. The van der Waals surface area contributed by atoms with Crippen LogP contribution in [0.2, 0.25) is 0 Å². The van der Waals surface area contributed by atoms with Crippen molar-refractivity contribution in [2.24, 2.45) is 4.40 Å². The number of hydrogen-bond acceptors (Lipinski definition) is 6. The van der Waals surface area contributed by atoms with Crippen molar-refractivity contribution in [2.45, 2.75) is 18.2 Å². The van der Waals surface area contributed by atoms with Crippen molar-refractivity contribution in [2.75, 3.05) is 10.6 Å².